The Balaban J connectivity index is 1.53. The van der Waals surface area contributed by atoms with Crippen LogP contribution in [0.3, 0.4) is 0 Å². The maximum absolute atomic E-state index is 12.6. The molecule has 2 aromatic carbocycles. The number of sulfonamides is 1. The van der Waals surface area contributed by atoms with Crippen LogP contribution in [0.25, 0.3) is 0 Å². The Hall–Kier alpha value is -2.42. The second-order valence-electron chi connectivity index (χ2n) is 6.84. The van der Waals surface area contributed by atoms with Gasteiger partial charge in [-0.25, -0.2) is 8.42 Å². The quantitative estimate of drug-likeness (QED) is 0.697. The highest BCUT2D eigenvalue weighted by molar-refractivity contribution is 7.89. The number of aryl methyl sites for hydroxylation is 1. The third-order valence-electron chi connectivity index (χ3n) is 4.92. The van der Waals surface area contributed by atoms with Gasteiger partial charge in [0.05, 0.1) is 24.7 Å². The van der Waals surface area contributed by atoms with Gasteiger partial charge in [-0.15, -0.1) is 0 Å². The molecule has 1 aliphatic rings. The average molecular weight is 419 g/mol. The van der Waals surface area contributed by atoms with E-state index in [0.717, 1.165) is 16.9 Å². The van der Waals surface area contributed by atoms with Crippen molar-refractivity contribution in [1.29, 1.82) is 0 Å². The summed E-state index contributed by atoms with van der Waals surface area (Å²) in [5, 5.41) is 2.78. The lowest BCUT2D eigenvalue weighted by Crippen LogP contribution is -2.40. The van der Waals surface area contributed by atoms with Gasteiger partial charge in [0.25, 0.3) is 5.91 Å². The molecule has 0 bridgehead atoms. The van der Waals surface area contributed by atoms with Gasteiger partial charge in [-0.3, -0.25) is 4.79 Å². The lowest BCUT2D eigenvalue weighted by atomic mass is 10.1. The van der Waals surface area contributed by atoms with Crippen LogP contribution in [0.1, 0.15) is 21.5 Å². The molecule has 1 N–H and O–H groups in total. The van der Waals surface area contributed by atoms with Gasteiger partial charge in [-0.2, -0.15) is 4.31 Å². The molecule has 2 aromatic rings. The minimum Gasteiger partial charge on any atom is -0.491 e. The van der Waals surface area contributed by atoms with Crippen molar-refractivity contribution < 1.29 is 22.7 Å². The Bertz CT molecular complexity index is 952. The van der Waals surface area contributed by atoms with Crippen LogP contribution in [0.15, 0.2) is 47.4 Å². The number of nitrogens with zero attached hydrogens (tertiary/aromatic N) is 1. The fourth-order valence-corrected chi connectivity index (χ4v) is 4.43. The van der Waals surface area contributed by atoms with E-state index in [-0.39, 0.29) is 10.8 Å². The third kappa shape index (κ3) is 5.14. The fraction of sp³-hybridized carbons (Fsp3) is 0.381. The molecule has 29 heavy (non-hydrogen) atoms. The molecule has 0 saturated carbocycles. The van der Waals surface area contributed by atoms with E-state index in [9.17, 15) is 13.2 Å². The van der Waals surface area contributed by atoms with Gasteiger partial charge in [0.1, 0.15) is 12.4 Å². The molecule has 0 unspecified atom stereocenters. The van der Waals surface area contributed by atoms with Crippen molar-refractivity contribution in [2.24, 2.45) is 0 Å². The van der Waals surface area contributed by atoms with E-state index in [1.807, 2.05) is 32.0 Å². The first kappa shape index (κ1) is 21.3. The number of benzene rings is 2. The van der Waals surface area contributed by atoms with Gasteiger partial charge in [0.15, 0.2) is 0 Å². The Morgan fingerprint density at radius 1 is 1.10 bits per heavy atom. The van der Waals surface area contributed by atoms with E-state index in [1.54, 1.807) is 0 Å². The number of hydrogen-bond donors (Lipinski definition) is 1. The number of rotatable bonds is 7. The monoisotopic (exact) mass is 418 g/mol. The van der Waals surface area contributed by atoms with Crippen LogP contribution in [0, 0.1) is 13.8 Å². The summed E-state index contributed by atoms with van der Waals surface area (Å²) < 4.78 is 37.6. The van der Waals surface area contributed by atoms with Crippen LogP contribution in [0.4, 0.5) is 0 Å². The van der Waals surface area contributed by atoms with E-state index < -0.39 is 10.0 Å². The van der Waals surface area contributed by atoms with E-state index in [4.69, 9.17) is 9.47 Å². The highest BCUT2D eigenvalue weighted by atomic mass is 32.2. The Labute approximate surface area is 171 Å². The number of carbonyl (C=O) groups excluding carboxylic acids is 1. The number of ether oxygens (including phenoxy) is 2. The van der Waals surface area contributed by atoms with Crippen molar-refractivity contribution in [3.8, 4) is 5.75 Å². The van der Waals surface area contributed by atoms with Gasteiger partial charge in [-0.05, 0) is 55.3 Å². The molecule has 0 aliphatic carbocycles. The molecule has 7 nitrogen and oxygen atoms in total. The Morgan fingerprint density at radius 2 is 1.79 bits per heavy atom. The number of nitrogens with one attached hydrogen (secondary N) is 1. The standard InChI is InChI=1S/C21H26N2O5S/c1-16-4-3-5-20(17(16)2)28-13-10-22-21(24)18-6-8-19(9-7-18)29(25,26)23-11-14-27-15-12-23/h3-9H,10-15H2,1-2H3,(H,22,24). The summed E-state index contributed by atoms with van der Waals surface area (Å²) in [7, 11) is -3.56. The predicted molar refractivity (Wildman–Crippen MR) is 110 cm³/mol. The maximum atomic E-state index is 12.6. The van der Waals surface area contributed by atoms with Crippen molar-refractivity contribution in [3.63, 3.8) is 0 Å². The Morgan fingerprint density at radius 3 is 2.48 bits per heavy atom. The normalized spacial score (nSPS) is 15.1. The summed E-state index contributed by atoms with van der Waals surface area (Å²) in [5.74, 6) is 0.529. The first-order chi connectivity index (χ1) is 13.9. The molecule has 1 amide bonds. The van der Waals surface area contributed by atoms with Gasteiger partial charge in [0, 0.05) is 18.7 Å². The number of hydrogen-bond acceptors (Lipinski definition) is 5. The van der Waals surface area contributed by atoms with E-state index >= 15 is 0 Å². The maximum Gasteiger partial charge on any atom is 0.251 e. The summed E-state index contributed by atoms with van der Waals surface area (Å²) in [6.07, 6.45) is 0. The van der Waals surface area contributed by atoms with Crippen molar-refractivity contribution in [3.05, 3.63) is 59.2 Å². The van der Waals surface area contributed by atoms with Crippen molar-refractivity contribution >= 4 is 15.9 Å². The highest BCUT2D eigenvalue weighted by Gasteiger charge is 2.26. The number of carbonyl (C=O) groups is 1. The van der Waals surface area contributed by atoms with Gasteiger partial charge in [0.2, 0.25) is 10.0 Å². The van der Waals surface area contributed by atoms with Crippen LogP contribution < -0.4 is 10.1 Å². The van der Waals surface area contributed by atoms with E-state index in [0.29, 0.717) is 45.0 Å². The minimum atomic E-state index is -3.56. The van der Waals surface area contributed by atoms with Crippen LogP contribution in [-0.2, 0) is 14.8 Å². The van der Waals surface area contributed by atoms with Gasteiger partial charge in [-0.1, -0.05) is 12.1 Å². The lowest BCUT2D eigenvalue weighted by molar-refractivity contribution is 0.0730. The van der Waals surface area contributed by atoms with Gasteiger partial charge >= 0.3 is 0 Å². The molecule has 1 aliphatic heterocycles. The van der Waals surface area contributed by atoms with Crippen LogP contribution in [-0.4, -0.2) is 58.1 Å². The predicted octanol–water partition coefficient (Wildman–Crippen LogP) is 2.13. The topological polar surface area (TPSA) is 84.9 Å². The van der Waals surface area contributed by atoms with Gasteiger partial charge < -0.3 is 14.8 Å². The zero-order valence-corrected chi connectivity index (χ0v) is 17.5. The fourth-order valence-electron chi connectivity index (χ4n) is 3.02. The summed E-state index contributed by atoms with van der Waals surface area (Å²) in [6.45, 7) is 6.17. The van der Waals surface area contributed by atoms with E-state index in [2.05, 4.69) is 5.32 Å². The van der Waals surface area contributed by atoms with Crippen molar-refractivity contribution in [1.82, 2.24) is 9.62 Å². The second-order valence-corrected chi connectivity index (χ2v) is 8.78. The molecule has 0 spiro atoms. The smallest absolute Gasteiger partial charge is 0.251 e. The van der Waals surface area contributed by atoms with Crippen LogP contribution in [0.5, 0.6) is 5.75 Å². The Kier molecular flexibility index (Phi) is 6.89. The third-order valence-corrected chi connectivity index (χ3v) is 6.84. The molecular formula is C21H26N2O5S. The highest BCUT2D eigenvalue weighted by Crippen LogP contribution is 2.20. The lowest BCUT2D eigenvalue weighted by Gasteiger charge is -2.26. The zero-order chi connectivity index (χ0) is 20.9. The van der Waals surface area contributed by atoms with E-state index in [1.165, 1.54) is 28.6 Å². The molecule has 0 radical (unpaired) electrons. The second kappa shape index (κ2) is 9.39. The summed E-state index contributed by atoms with van der Waals surface area (Å²) in [4.78, 5) is 12.5. The summed E-state index contributed by atoms with van der Waals surface area (Å²) in [6, 6.07) is 11.8. The largest absolute Gasteiger partial charge is 0.491 e. The van der Waals surface area contributed by atoms with Crippen LogP contribution in [0.2, 0.25) is 0 Å². The molecule has 3 rings (SSSR count). The van der Waals surface area contributed by atoms with Crippen molar-refractivity contribution in [2.75, 3.05) is 39.5 Å². The molecule has 1 saturated heterocycles. The number of amides is 1. The molecule has 8 heteroatoms. The first-order valence-electron chi connectivity index (χ1n) is 9.55. The first-order valence-corrected chi connectivity index (χ1v) is 11.0. The zero-order valence-electron chi connectivity index (χ0n) is 16.7. The average Bonchev–Trinajstić information content (AvgIpc) is 2.74. The SMILES string of the molecule is Cc1cccc(OCCNC(=O)c2ccc(S(=O)(=O)N3CCOCC3)cc2)c1C. The number of morpholine rings is 1. The molecular weight excluding hydrogens is 392 g/mol. The van der Waals surface area contributed by atoms with Crippen molar-refractivity contribution in [2.45, 2.75) is 18.7 Å². The molecule has 1 fully saturated rings. The molecule has 156 valence electrons. The van der Waals surface area contributed by atoms with Crippen LogP contribution >= 0.6 is 0 Å². The molecule has 0 atom stereocenters. The molecule has 1 heterocycles. The minimum absolute atomic E-state index is 0.175. The molecule has 0 aromatic heterocycles. The summed E-state index contributed by atoms with van der Waals surface area (Å²) >= 11 is 0. The summed E-state index contributed by atoms with van der Waals surface area (Å²) in [5.41, 5.74) is 2.63.